The Morgan fingerprint density at radius 2 is 1.69 bits per heavy atom. The van der Waals surface area contributed by atoms with Crippen molar-refractivity contribution in [3.63, 3.8) is 0 Å². The van der Waals surface area contributed by atoms with Crippen LogP contribution in [0.2, 0.25) is 0 Å². The van der Waals surface area contributed by atoms with Crippen LogP contribution >= 0.6 is 7.60 Å². The second-order valence-corrected chi connectivity index (χ2v) is 8.12. The summed E-state index contributed by atoms with van der Waals surface area (Å²) in [4.78, 5) is 0. The zero-order valence-electron chi connectivity index (χ0n) is 16.0. The Hall–Kier alpha value is -1.53. The van der Waals surface area contributed by atoms with Gasteiger partial charge in [0.2, 0.25) is 5.50 Å². The molecule has 1 fully saturated rings. The van der Waals surface area contributed by atoms with Crippen LogP contribution in [0.15, 0.2) is 41.4 Å². The fourth-order valence-corrected chi connectivity index (χ4v) is 4.82. The molecule has 1 aliphatic rings. The fourth-order valence-electron chi connectivity index (χ4n) is 2.93. The summed E-state index contributed by atoms with van der Waals surface area (Å²) in [5.74, 6) is 6.19. The lowest BCUT2D eigenvalue weighted by atomic mass is 9.96. The molecule has 26 heavy (non-hydrogen) atoms. The monoisotopic (exact) mass is 376 g/mol. The van der Waals surface area contributed by atoms with Crippen LogP contribution in [0.4, 0.5) is 0 Å². The van der Waals surface area contributed by atoms with Gasteiger partial charge in [-0.15, -0.1) is 0 Å². The normalized spacial score (nSPS) is 15.7. The van der Waals surface area contributed by atoms with Crippen molar-refractivity contribution in [2.75, 3.05) is 13.2 Å². The van der Waals surface area contributed by atoms with E-state index in [1.807, 2.05) is 51.1 Å². The van der Waals surface area contributed by atoms with Gasteiger partial charge in [-0.3, -0.25) is 4.57 Å². The quantitative estimate of drug-likeness (QED) is 0.338. The minimum Gasteiger partial charge on any atom is -0.470 e. The first kappa shape index (κ1) is 20.8. The summed E-state index contributed by atoms with van der Waals surface area (Å²) in [5, 5.41) is 0. The first-order chi connectivity index (χ1) is 12.6. The molecular formula is C21H29O4P. The Balaban J connectivity index is 2.26. The molecule has 0 unspecified atom stereocenters. The Bertz CT molecular complexity index is 682. The average molecular weight is 376 g/mol. The predicted octanol–water partition coefficient (Wildman–Crippen LogP) is 5.89. The van der Waals surface area contributed by atoms with E-state index >= 15 is 0 Å². The SMILES string of the molecule is CCOP(=O)(OCC)C(O[C@@H](C)C#Cc1ccccc1)=C1CCCCC1. The topological polar surface area (TPSA) is 44.8 Å². The van der Waals surface area contributed by atoms with Crippen LogP contribution in [-0.2, 0) is 18.3 Å². The lowest BCUT2D eigenvalue weighted by molar-refractivity contribution is 0.154. The van der Waals surface area contributed by atoms with Crippen LogP contribution in [0.3, 0.4) is 0 Å². The molecule has 1 atom stereocenters. The van der Waals surface area contributed by atoms with Crippen molar-refractivity contribution in [2.45, 2.75) is 59.0 Å². The molecule has 1 aromatic carbocycles. The number of allylic oxidation sites excluding steroid dienone is 1. The fraction of sp³-hybridized carbons (Fsp3) is 0.524. The van der Waals surface area contributed by atoms with Gasteiger partial charge >= 0.3 is 7.60 Å². The van der Waals surface area contributed by atoms with E-state index in [0.29, 0.717) is 18.7 Å². The summed E-state index contributed by atoms with van der Waals surface area (Å²) >= 11 is 0. The number of benzene rings is 1. The highest BCUT2D eigenvalue weighted by Gasteiger charge is 2.35. The summed E-state index contributed by atoms with van der Waals surface area (Å²) in [6.07, 6.45) is 4.67. The van der Waals surface area contributed by atoms with E-state index in [0.717, 1.165) is 36.8 Å². The third kappa shape index (κ3) is 6.02. The van der Waals surface area contributed by atoms with Gasteiger partial charge in [0.15, 0.2) is 6.10 Å². The van der Waals surface area contributed by atoms with Crippen LogP contribution in [0.1, 0.15) is 58.4 Å². The summed E-state index contributed by atoms with van der Waals surface area (Å²) < 4.78 is 30.5. The van der Waals surface area contributed by atoms with Crippen LogP contribution in [0.5, 0.6) is 0 Å². The number of rotatable bonds is 7. The smallest absolute Gasteiger partial charge is 0.395 e. The van der Waals surface area contributed by atoms with E-state index < -0.39 is 13.7 Å². The molecule has 142 valence electrons. The lowest BCUT2D eigenvalue weighted by Crippen LogP contribution is -2.12. The molecule has 1 saturated carbocycles. The third-order valence-electron chi connectivity index (χ3n) is 4.09. The second kappa shape index (κ2) is 10.6. The minimum absolute atomic E-state index is 0.307. The van der Waals surface area contributed by atoms with Gasteiger partial charge in [0.25, 0.3) is 0 Å². The number of ether oxygens (including phenoxy) is 1. The maximum atomic E-state index is 13.3. The second-order valence-electron chi connectivity index (χ2n) is 6.20. The van der Waals surface area contributed by atoms with Crippen molar-refractivity contribution in [3.05, 3.63) is 47.0 Å². The van der Waals surface area contributed by atoms with Gasteiger partial charge < -0.3 is 13.8 Å². The van der Waals surface area contributed by atoms with Gasteiger partial charge in [0.1, 0.15) is 0 Å². The summed E-state index contributed by atoms with van der Waals surface area (Å²) in [6, 6.07) is 9.75. The van der Waals surface area contributed by atoms with E-state index in [2.05, 4.69) is 11.8 Å². The molecule has 4 nitrogen and oxygen atoms in total. The lowest BCUT2D eigenvalue weighted by Gasteiger charge is -2.26. The average Bonchev–Trinajstić information content (AvgIpc) is 2.66. The molecule has 0 saturated heterocycles. The Labute approximate surface area is 157 Å². The first-order valence-electron chi connectivity index (χ1n) is 9.44. The Kier molecular flexibility index (Phi) is 8.45. The van der Waals surface area contributed by atoms with Crippen LogP contribution in [-0.4, -0.2) is 19.3 Å². The molecule has 0 spiro atoms. The van der Waals surface area contributed by atoms with Crippen molar-refractivity contribution in [1.82, 2.24) is 0 Å². The third-order valence-corrected chi connectivity index (χ3v) is 6.20. The van der Waals surface area contributed by atoms with Gasteiger partial charge in [-0.05, 0) is 64.2 Å². The van der Waals surface area contributed by atoms with Crippen molar-refractivity contribution in [3.8, 4) is 11.8 Å². The first-order valence-corrected chi connectivity index (χ1v) is 11.0. The molecular weight excluding hydrogens is 347 g/mol. The van der Waals surface area contributed by atoms with Gasteiger partial charge in [-0.25, -0.2) is 0 Å². The molecule has 0 amide bonds. The van der Waals surface area contributed by atoms with Crippen LogP contribution in [0, 0.1) is 11.8 Å². The van der Waals surface area contributed by atoms with E-state index in [1.165, 1.54) is 6.42 Å². The minimum atomic E-state index is -3.46. The molecule has 0 bridgehead atoms. The van der Waals surface area contributed by atoms with Crippen LogP contribution < -0.4 is 0 Å². The van der Waals surface area contributed by atoms with E-state index in [4.69, 9.17) is 13.8 Å². The van der Waals surface area contributed by atoms with Crippen molar-refractivity contribution >= 4 is 7.60 Å². The molecule has 0 aromatic heterocycles. The maximum absolute atomic E-state index is 13.3. The highest BCUT2D eigenvalue weighted by Crippen LogP contribution is 2.59. The highest BCUT2D eigenvalue weighted by molar-refractivity contribution is 7.58. The van der Waals surface area contributed by atoms with E-state index in [1.54, 1.807) is 0 Å². The van der Waals surface area contributed by atoms with Gasteiger partial charge in [0, 0.05) is 5.56 Å². The van der Waals surface area contributed by atoms with E-state index in [9.17, 15) is 4.57 Å². The molecule has 0 radical (unpaired) electrons. The molecule has 0 N–H and O–H groups in total. The van der Waals surface area contributed by atoms with Crippen molar-refractivity contribution in [1.29, 1.82) is 0 Å². The molecule has 2 rings (SSSR count). The Morgan fingerprint density at radius 3 is 2.27 bits per heavy atom. The summed E-state index contributed by atoms with van der Waals surface area (Å²) in [5.41, 5.74) is 2.36. The zero-order chi connectivity index (χ0) is 18.8. The van der Waals surface area contributed by atoms with Gasteiger partial charge in [-0.1, -0.05) is 36.5 Å². The molecule has 5 heteroatoms. The summed E-state index contributed by atoms with van der Waals surface area (Å²) in [6.45, 7) is 6.10. The molecule has 0 heterocycles. The van der Waals surface area contributed by atoms with Gasteiger partial charge in [0.05, 0.1) is 13.2 Å². The largest absolute Gasteiger partial charge is 0.470 e. The van der Waals surface area contributed by atoms with E-state index in [-0.39, 0.29) is 0 Å². The Morgan fingerprint density at radius 1 is 1.08 bits per heavy atom. The highest BCUT2D eigenvalue weighted by atomic mass is 31.2. The zero-order valence-corrected chi connectivity index (χ0v) is 16.9. The van der Waals surface area contributed by atoms with Crippen LogP contribution in [0.25, 0.3) is 0 Å². The van der Waals surface area contributed by atoms with Crippen molar-refractivity contribution < 1.29 is 18.3 Å². The molecule has 1 aromatic rings. The van der Waals surface area contributed by atoms with Crippen molar-refractivity contribution in [2.24, 2.45) is 0 Å². The molecule has 1 aliphatic carbocycles. The number of hydrogen-bond donors (Lipinski definition) is 0. The summed E-state index contributed by atoms with van der Waals surface area (Å²) in [7, 11) is -3.46. The number of hydrogen-bond acceptors (Lipinski definition) is 4. The standard InChI is InChI=1S/C21H29O4P/c1-4-23-26(22,24-5-2)21(20-14-10-7-11-15-20)25-18(3)16-17-19-12-8-6-9-13-19/h6,8-9,12-13,18H,4-5,7,10-11,14-15H2,1-3H3/t18-/m0/s1. The van der Waals surface area contributed by atoms with Gasteiger partial charge in [-0.2, -0.15) is 0 Å². The maximum Gasteiger partial charge on any atom is 0.395 e. The molecule has 0 aliphatic heterocycles. The predicted molar refractivity (Wildman–Crippen MR) is 105 cm³/mol.